The molecule has 2 N–H and O–H groups in total. The molecule has 0 aliphatic carbocycles. The standard InChI is InChI=1S/C18H24N4O4S/c1-11(2)14-7-6-8-15(12(3)4)16(14)21-17(23)22-27(24,25)13-9-19-18(26-5)20-10-13/h6-12H,1-5H3,(H2,21,22,23). The van der Waals surface area contributed by atoms with Crippen molar-refractivity contribution in [1.82, 2.24) is 14.7 Å². The Morgan fingerprint density at radius 3 is 2.00 bits per heavy atom. The van der Waals surface area contributed by atoms with E-state index in [1.54, 1.807) is 0 Å². The summed E-state index contributed by atoms with van der Waals surface area (Å²) in [5, 5.41) is 2.70. The van der Waals surface area contributed by atoms with Gasteiger partial charge in [0.15, 0.2) is 0 Å². The van der Waals surface area contributed by atoms with Crippen molar-refractivity contribution in [1.29, 1.82) is 0 Å². The monoisotopic (exact) mass is 392 g/mol. The van der Waals surface area contributed by atoms with Crippen LogP contribution in [-0.4, -0.2) is 31.5 Å². The van der Waals surface area contributed by atoms with Crippen molar-refractivity contribution in [3.05, 3.63) is 41.7 Å². The van der Waals surface area contributed by atoms with Gasteiger partial charge in [0.2, 0.25) is 0 Å². The van der Waals surface area contributed by atoms with Gasteiger partial charge in [-0.3, -0.25) is 0 Å². The van der Waals surface area contributed by atoms with Crippen molar-refractivity contribution >= 4 is 21.7 Å². The largest absolute Gasteiger partial charge is 0.467 e. The Morgan fingerprint density at radius 2 is 1.56 bits per heavy atom. The third-order valence-corrected chi connectivity index (χ3v) is 5.22. The number of ether oxygens (including phenoxy) is 1. The molecule has 8 nitrogen and oxygen atoms in total. The first-order chi connectivity index (χ1) is 12.7. The van der Waals surface area contributed by atoms with Crippen LogP contribution < -0.4 is 14.8 Å². The number of urea groups is 1. The quantitative estimate of drug-likeness (QED) is 0.781. The summed E-state index contributed by atoms with van der Waals surface area (Å²) in [6, 6.07) is 4.95. The molecule has 0 saturated carbocycles. The first kappa shape index (κ1) is 20.6. The van der Waals surface area contributed by atoms with Crippen molar-refractivity contribution in [3.8, 4) is 6.01 Å². The fourth-order valence-corrected chi connectivity index (χ4v) is 3.36. The van der Waals surface area contributed by atoms with Crippen molar-refractivity contribution in [3.63, 3.8) is 0 Å². The van der Waals surface area contributed by atoms with Gasteiger partial charge in [-0.15, -0.1) is 0 Å². The van der Waals surface area contributed by atoms with E-state index in [-0.39, 0.29) is 22.7 Å². The van der Waals surface area contributed by atoms with E-state index in [2.05, 4.69) is 15.3 Å². The lowest BCUT2D eigenvalue weighted by Gasteiger charge is -2.20. The summed E-state index contributed by atoms with van der Waals surface area (Å²) >= 11 is 0. The molecule has 0 bridgehead atoms. The van der Waals surface area contributed by atoms with Crippen molar-refractivity contribution in [2.75, 3.05) is 12.4 Å². The highest BCUT2D eigenvalue weighted by atomic mass is 32.2. The van der Waals surface area contributed by atoms with Gasteiger partial charge in [0.05, 0.1) is 19.5 Å². The minimum absolute atomic E-state index is 0.0332. The van der Waals surface area contributed by atoms with Gasteiger partial charge in [0, 0.05) is 5.69 Å². The van der Waals surface area contributed by atoms with E-state index >= 15 is 0 Å². The number of anilines is 1. The van der Waals surface area contributed by atoms with Crippen LogP contribution >= 0.6 is 0 Å². The summed E-state index contributed by atoms with van der Waals surface area (Å²) in [4.78, 5) is 19.7. The van der Waals surface area contributed by atoms with Crippen molar-refractivity contribution in [2.24, 2.45) is 0 Å². The molecule has 2 amide bonds. The number of carbonyl (C=O) groups is 1. The number of aromatic nitrogens is 2. The van der Waals surface area contributed by atoms with Gasteiger partial charge in [-0.1, -0.05) is 45.9 Å². The summed E-state index contributed by atoms with van der Waals surface area (Å²) in [5.74, 6) is 0.316. The SMILES string of the molecule is COc1ncc(S(=O)(=O)NC(=O)Nc2c(C(C)C)cccc2C(C)C)cn1. The second kappa shape index (κ2) is 8.34. The highest BCUT2D eigenvalue weighted by Crippen LogP contribution is 2.32. The molecule has 1 aromatic heterocycles. The molecule has 2 rings (SSSR count). The number of carbonyl (C=O) groups excluding carboxylic acids is 1. The molecule has 1 heterocycles. The predicted molar refractivity (Wildman–Crippen MR) is 103 cm³/mol. The number of rotatable bonds is 6. The molecule has 0 unspecified atom stereocenters. The zero-order chi connectivity index (χ0) is 20.2. The Balaban J connectivity index is 2.27. The van der Waals surface area contributed by atoms with E-state index in [9.17, 15) is 13.2 Å². The summed E-state index contributed by atoms with van der Waals surface area (Å²) in [5.41, 5.74) is 2.49. The maximum atomic E-state index is 12.4. The third-order valence-electron chi connectivity index (χ3n) is 3.94. The smallest absolute Gasteiger partial charge is 0.333 e. The molecular weight excluding hydrogens is 368 g/mol. The van der Waals surface area contributed by atoms with Gasteiger partial charge in [-0.05, 0) is 23.0 Å². The molecule has 0 atom stereocenters. The fraction of sp³-hybridized carbons (Fsp3) is 0.389. The lowest BCUT2D eigenvalue weighted by Crippen LogP contribution is -2.35. The van der Waals surface area contributed by atoms with Crippen LogP contribution in [0, 0.1) is 0 Å². The fourth-order valence-electron chi connectivity index (χ4n) is 2.56. The van der Waals surface area contributed by atoms with E-state index < -0.39 is 16.1 Å². The van der Waals surface area contributed by atoms with Gasteiger partial charge in [-0.25, -0.2) is 27.9 Å². The molecule has 0 saturated heterocycles. The van der Waals surface area contributed by atoms with Crippen molar-refractivity contribution in [2.45, 2.75) is 44.4 Å². The Hall–Kier alpha value is -2.68. The summed E-state index contributed by atoms with van der Waals surface area (Å²) in [7, 11) is -2.74. The zero-order valence-electron chi connectivity index (χ0n) is 16.0. The molecule has 146 valence electrons. The maximum absolute atomic E-state index is 12.4. The van der Waals surface area contributed by atoms with Crippen LogP contribution in [0.25, 0.3) is 0 Å². The van der Waals surface area contributed by atoms with E-state index in [0.717, 1.165) is 23.5 Å². The molecule has 0 aliphatic rings. The Bertz CT molecular complexity index is 883. The number of amides is 2. The Morgan fingerprint density at radius 1 is 1.04 bits per heavy atom. The number of hydrogen-bond donors (Lipinski definition) is 2. The van der Waals surface area contributed by atoms with Gasteiger partial charge in [0.1, 0.15) is 4.90 Å². The highest BCUT2D eigenvalue weighted by Gasteiger charge is 2.21. The van der Waals surface area contributed by atoms with E-state index in [0.29, 0.717) is 5.69 Å². The average Bonchev–Trinajstić information content (AvgIpc) is 2.61. The van der Waals surface area contributed by atoms with E-state index in [1.165, 1.54) is 7.11 Å². The molecule has 0 spiro atoms. The number of nitrogens with one attached hydrogen (secondary N) is 2. The van der Waals surface area contributed by atoms with Crippen LogP contribution in [0.15, 0.2) is 35.5 Å². The second-order valence-corrected chi connectivity index (χ2v) is 8.27. The average molecular weight is 392 g/mol. The normalized spacial score (nSPS) is 11.5. The lowest BCUT2D eigenvalue weighted by atomic mass is 9.93. The van der Waals surface area contributed by atoms with Crippen LogP contribution in [0.5, 0.6) is 6.01 Å². The van der Waals surface area contributed by atoms with Gasteiger partial charge < -0.3 is 10.1 Å². The minimum Gasteiger partial charge on any atom is -0.467 e. The molecule has 0 aliphatic heterocycles. The first-order valence-corrected chi connectivity index (χ1v) is 9.96. The second-order valence-electron chi connectivity index (χ2n) is 6.59. The minimum atomic E-state index is -4.11. The summed E-state index contributed by atoms with van der Waals surface area (Å²) in [6.45, 7) is 8.03. The number of sulfonamides is 1. The number of benzene rings is 1. The van der Waals surface area contributed by atoms with Crippen LogP contribution in [0.2, 0.25) is 0 Å². The van der Waals surface area contributed by atoms with Gasteiger partial charge in [-0.2, -0.15) is 0 Å². The molecule has 9 heteroatoms. The molecular formula is C18H24N4O4S. The number of para-hydroxylation sites is 1. The zero-order valence-corrected chi connectivity index (χ0v) is 16.8. The summed E-state index contributed by atoms with van der Waals surface area (Å²) < 4.78 is 31.5. The van der Waals surface area contributed by atoms with Crippen LogP contribution in [0.1, 0.15) is 50.7 Å². The van der Waals surface area contributed by atoms with Gasteiger partial charge in [0.25, 0.3) is 10.0 Å². The van der Waals surface area contributed by atoms with Crippen LogP contribution in [0.3, 0.4) is 0 Å². The third kappa shape index (κ3) is 4.94. The molecule has 0 radical (unpaired) electrons. The molecule has 27 heavy (non-hydrogen) atoms. The highest BCUT2D eigenvalue weighted by molar-refractivity contribution is 7.90. The molecule has 2 aromatic rings. The first-order valence-electron chi connectivity index (χ1n) is 8.48. The van der Waals surface area contributed by atoms with Gasteiger partial charge >= 0.3 is 12.0 Å². The maximum Gasteiger partial charge on any atom is 0.333 e. The molecule has 1 aromatic carbocycles. The molecule has 0 fully saturated rings. The Labute approximate surface area is 159 Å². The summed E-state index contributed by atoms with van der Waals surface area (Å²) in [6.07, 6.45) is 2.14. The number of methoxy groups -OCH3 is 1. The van der Waals surface area contributed by atoms with E-state index in [4.69, 9.17) is 4.74 Å². The van der Waals surface area contributed by atoms with Crippen molar-refractivity contribution < 1.29 is 17.9 Å². The lowest BCUT2D eigenvalue weighted by molar-refractivity contribution is 0.256. The predicted octanol–water partition coefficient (Wildman–Crippen LogP) is 3.24. The number of nitrogens with zero attached hydrogens (tertiary/aromatic N) is 2. The van der Waals surface area contributed by atoms with E-state index in [1.807, 2.05) is 50.6 Å². The number of hydrogen-bond acceptors (Lipinski definition) is 6. The van der Waals surface area contributed by atoms with Crippen LogP contribution in [-0.2, 0) is 10.0 Å². The Kier molecular flexibility index (Phi) is 6.37. The topological polar surface area (TPSA) is 110 Å². The van der Waals surface area contributed by atoms with Crippen LogP contribution in [0.4, 0.5) is 10.5 Å².